The number of carbonyl (C=O) groups is 1. The van der Waals surface area contributed by atoms with Gasteiger partial charge in [-0.3, -0.25) is 14.4 Å². The van der Waals surface area contributed by atoms with Gasteiger partial charge in [0.15, 0.2) is 5.69 Å². The smallest absolute Gasteiger partial charge is 0.383 e. The van der Waals surface area contributed by atoms with Crippen LogP contribution in [-0.2, 0) is 31.1 Å². The number of nitrogens with zero attached hydrogens (tertiary/aromatic N) is 6. The molecule has 4 heterocycles. The van der Waals surface area contributed by atoms with Crippen LogP contribution in [0.2, 0.25) is 0 Å². The summed E-state index contributed by atoms with van der Waals surface area (Å²) in [6.45, 7) is 2.60. The van der Waals surface area contributed by atoms with Crippen molar-refractivity contribution in [3.63, 3.8) is 0 Å². The number of thiophene rings is 1. The number of hydrogen-bond acceptors (Lipinski definition) is 7. The monoisotopic (exact) mass is 501 g/mol. The summed E-state index contributed by atoms with van der Waals surface area (Å²) < 4.78 is 40.2. The molecule has 4 aromatic rings. The van der Waals surface area contributed by atoms with Crippen molar-refractivity contribution >= 4 is 34.0 Å². The maximum absolute atomic E-state index is 13.0. The van der Waals surface area contributed by atoms with Crippen LogP contribution in [0.5, 0.6) is 0 Å². The Morgan fingerprint density at radius 3 is 2.66 bits per heavy atom. The highest BCUT2D eigenvalue weighted by molar-refractivity contribution is 7.15. The fourth-order valence-corrected chi connectivity index (χ4v) is 5.26. The van der Waals surface area contributed by atoms with Gasteiger partial charge in [-0.2, -0.15) is 18.3 Å². The lowest BCUT2D eigenvalue weighted by Crippen LogP contribution is -2.49. The van der Waals surface area contributed by atoms with Gasteiger partial charge in [0.1, 0.15) is 12.1 Å². The number of fused-ring (bicyclic) bond motifs is 1. The number of hydrogen-bond donors (Lipinski definition) is 1. The molecule has 182 valence electrons. The van der Waals surface area contributed by atoms with Crippen LogP contribution in [0.25, 0.3) is 21.5 Å². The van der Waals surface area contributed by atoms with Crippen LogP contribution < -0.4 is 5.73 Å². The van der Waals surface area contributed by atoms with Gasteiger partial charge in [0.05, 0.1) is 22.6 Å². The Balaban J connectivity index is 1.21. The molecule has 1 aliphatic rings. The van der Waals surface area contributed by atoms with Gasteiger partial charge in [-0.15, -0.1) is 11.3 Å². The van der Waals surface area contributed by atoms with Crippen LogP contribution in [0.15, 0.2) is 42.7 Å². The average molecular weight is 502 g/mol. The first-order valence-electron chi connectivity index (χ1n) is 10.9. The van der Waals surface area contributed by atoms with Crippen LogP contribution in [0.3, 0.4) is 0 Å². The Bertz CT molecular complexity index is 1400. The van der Waals surface area contributed by atoms with Crippen LogP contribution in [-0.4, -0.2) is 55.1 Å². The zero-order valence-corrected chi connectivity index (χ0v) is 19.6. The third kappa shape index (κ3) is 4.84. The lowest BCUT2D eigenvalue weighted by Gasteiger charge is -2.34. The zero-order valence-electron chi connectivity index (χ0n) is 18.8. The summed E-state index contributed by atoms with van der Waals surface area (Å²) in [5, 5.41) is 4.36. The van der Waals surface area contributed by atoms with Gasteiger partial charge in [-0.1, -0.05) is 6.07 Å². The molecule has 8 nitrogen and oxygen atoms in total. The van der Waals surface area contributed by atoms with Gasteiger partial charge in [0, 0.05) is 43.5 Å². The van der Waals surface area contributed by atoms with Crippen molar-refractivity contribution in [3.8, 4) is 10.6 Å². The standard InChI is InChI=1S/C23H22F3N7OS/c1-31-18(9-20(30-31)23(24,25)26)19-5-3-15(35-19)11-32-6-7-33(21(34)12-32)10-14-2-4-16-17(8-14)28-13-29-22(16)27/h2-5,8-9,13H,6-7,10-12H2,1H3,(H2,27,28,29). The van der Waals surface area contributed by atoms with Crippen molar-refractivity contribution in [2.75, 3.05) is 25.4 Å². The van der Waals surface area contributed by atoms with E-state index in [4.69, 9.17) is 5.73 Å². The molecule has 0 unspecified atom stereocenters. The zero-order chi connectivity index (χ0) is 24.7. The highest BCUT2D eigenvalue weighted by Gasteiger charge is 2.35. The number of alkyl halides is 3. The number of nitrogens with two attached hydrogens (primary N) is 1. The van der Waals surface area contributed by atoms with Gasteiger partial charge in [0.2, 0.25) is 5.91 Å². The fraction of sp³-hybridized carbons (Fsp3) is 0.304. The van der Waals surface area contributed by atoms with Crippen molar-refractivity contribution < 1.29 is 18.0 Å². The summed E-state index contributed by atoms with van der Waals surface area (Å²) >= 11 is 1.41. The molecule has 35 heavy (non-hydrogen) atoms. The highest BCUT2D eigenvalue weighted by Crippen LogP contribution is 2.34. The van der Waals surface area contributed by atoms with Gasteiger partial charge in [-0.25, -0.2) is 9.97 Å². The minimum Gasteiger partial charge on any atom is -0.383 e. The van der Waals surface area contributed by atoms with Crippen LogP contribution >= 0.6 is 11.3 Å². The molecule has 3 aromatic heterocycles. The first-order valence-corrected chi connectivity index (χ1v) is 11.7. The van der Waals surface area contributed by atoms with E-state index >= 15 is 0 Å². The van der Waals surface area contributed by atoms with E-state index in [1.807, 2.05) is 34.1 Å². The Morgan fingerprint density at radius 1 is 1.09 bits per heavy atom. The molecule has 12 heteroatoms. The van der Waals surface area contributed by atoms with E-state index < -0.39 is 11.9 Å². The third-order valence-electron chi connectivity index (χ3n) is 5.97. The van der Waals surface area contributed by atoms with Crippen molar-refractivity contribution in [1.82, 2.24) is 29.5 Å². The lowest BCUT2D eigenvalue weighted by atomic mass is 10.1. The second kappa shape index (κ2) is 8.93. The van der Waals surface area contributed by atoms with Gasteiger partial charge in [-0.05, 0) is 35.9 Å². The Morgan fingerprint density at radius 2 is 1.91 bits per heavy atom. The molecule has 1 aromatic carbocycles. The van der Waals surface area contributed by atoms with E-state index in [9.17, 15) is 18.0 Å². The lowest BCUT2D eigenvalue weighted by molar-refractivity contribution is -0.141. The summed E-state index contributed by atoms with van der Waals surface area (Å²) in [6, 6.07) is 10.5. The van der Waals surface area contributed by atoms with Gasteiger partial charge in [0.25, 0.3) is 0 Å². The molecular formula is C23H22F3N7OS. The summed E-state index contributed by atoms with van der Waals surface area (Å²) in [7, 11) is 1.50. The van der Waals surface area contributed by atoms with E-state index in [0.717, 1.165) is 27.4 Å². The number of nitrogen functional groups attached to an aromatic ring is 1. The number of rotatable bonds is 5. The van der Waals surface area contributed by atoms with Crippen LogP contribution in [0, 0.1) is 0 Å². The fourth-order valence-electron chi connectivity index (χ4n) is 4.16. The molecule has 1 aliphatic heterocycles. The largest absolute Gasteiger partial charge is 0.435 e. The molecule has 0 bridgehead atoms. The van der Waals surface area contributed by atoms with Crippen LogP contribution in [0.1, 0.15) is 16.1 Å². The Kier molecular flexibility index (Phi) is 5.93. The van der Waals surface area contributed by atoms with Crippen molar-refractivity contribution in [1.29, 1.82) is 0 Å². The molecule has 1 amide bonds. The van der Waals surface area contributed by atoms with E-state index in [1.165, 1.54) is 29.4 Å². The van der Waals surface area contributed by atoms with Crippen LogP contribution in [0.4, 0.5) is 19.0 Å². The molecule has 5 rings (SSSR count). The summed E-state index contributed by atoms with van der Waals surface area (Å²) in [4.78, 5) is 26.6. The number of amides is 1. The predicted molar refractivity (Wildman–Crippen MR) is 126 cm³/mol. The quantitative estimate of drug-likeness (QED) is 0.450. The molecule has 0 aliphatic carbocycles. The molecule has 0 atom stereocenters. The molecule has 2 N–H and O–H groups in total. The minimum atomic E-state index is -4.48. The second-order valence-corrected chi connectivity index (χ2v) is 9.61. The topological polar surface area (TPSA) is 93.2 Å². The number of halogens is 3. The first kappa shape index (κ1) is 23.2. The molecule has 1 saturated heterocycles. The number of benzene rings is 1. The number of aryl methyl sites for hydroxylation is 1. The van der Waals surface area contributed by atoms with Crippen molar-refractivity contribution in [2.45, 2.75) is 19.3 Å². The number of piperazine rings is 1. The Labute approximate surface area is 202 Å². The normalized spacial score (nSPS) is 15.3. The molecule has 0 radical (unpaired) electrons. The second-order valence-electron chi connectivity index (χ2n) is 8.44. The highest BCUT2D eigenvalue weighted by atomic mass is 32.1. The third-order valence-corrected chi connectivity index (χ3v) is 7.06. The van der Waals surface area contributed by atoms with Gasteiger partial charge < -0.3 is 10.6 Å². The number of anilines is 1. The Hall–Kier alpha value is -3.51. The number of carbonyl (C=O) groups excluding carboxylic acids is 1. The minimum absolute atomic E-state index is 0.0248. The van der Waals surface area contributed by atoms with Crippen molar-refractivity contribution in [3.05, 3.63) is 58.9 Å². The van der Waals surface area contributed by atoms with Crippen molar-refractivity contribution in [2.24, 2.45) is 7.05 Å². The molecule has 0 saturated carbocycles. The predicted octanol–water partition coefficient (Wildman–Crippen LogP) is 3.54. The summed E-state index contributed by atoms with van der Waals surface area (Å²) in [5.74, 6) is 0.448. The van der Waals surface area contributed by atoms with E-state index in [1.54, 1.807) is 6.07 Å². The van der Waals surface area contributed by atoms with E-state index in [0.29, 0.717) is 42.6 Å². The summed E-state index contributed by atoms with van der Waals surface area (Å²) in [6.07, 6.45) is -3.06. The van der Waals surface area contributed by atoms with E-state index in [-0.39, 0.29) is 12.5 Å². The summed E-state index contributed by atoms with van der Waals surface area (Å²) in [5.41, 5.74) is 7.10. The van der Waals surface area contributed by atoms with E-state index in [2.05, 4.69) is 15.1 Å². The first-order chi connectivity index (χ1) is 16.7. The molecule has 1 fully saturated rings. The SMILES string of the molecule is Cn1nc(C(F)(F)F)cc1-c1ccc(CN2CCN(Cc3ccc4c(N)ncnc4c3)C(=O)C2)s1. The number of aromatic nitrogens is 4. The maximum Gasteiger partial charge on any atom is 0.435 e. The maximum atomic E-state index is 13.0. The molecule has 0 spiro atoms. The molecular weight excluding hydrogens is 479 g/mol. The average Bonchev–Trinajstić information content (AvgIpc) is 3.42. The van der Waals surface area contributed by atoms with Gasteiger partial charge >= 0.3 is 6.18 Å².